The van der Waals surface area contributed by atoms with Gasteiger partial charge in [-0.15, -0.1) is 11.8 Å². The van der Waals surface area contributed by atoms with E-state index in [-0.39, 0.29) is 24.8 Å². The van der Waals surface area contributed by atoms with Crippen molar-refractivity contribution < 1.29 is 28.6 Å². The highest BCUT2D eigenvalue weighted by Gasteiger charge is 2.54. The summed E-state index contributed by atoms with van der Waals surface area (Å²) in [5.41, 5.74) is 0.825. The van der Waals surface area contributed by atoms with Crippen LogP contribution in [-0.2, 0) is 19.1 Å². The van der Waals surface area contributed by atoms with Crippen molar-refractivity contribution in [2.75, 3.05) is 26.1 Å². The number of ether oxygens (including phenoxy) is 3. The number of carbonyl (C=O) groups is 3. The van der Waals surface area contributed by atoms with Gasteiger partial charge in [-0.3, -0.25) is 14.5 Å². The number of fused-ring (bicyclic) bond motifs is 1. The van der Waals surface area contributed by atoms with Crippen LogP contribution in [0.2, 0.25) is 0 Å². The number of β-lactam (4-membered cyclic amide) rings is 1. The van der Waals surface area contributed by atoms with Gasteiger partial charge < -0.3 is 19.5 Å². The van der Waals surface area contributed by atoms with Gasteiger partial charge in [-0.2, -0.15) is 0 Å². The minimum atomic E-state index is -0.740. The molecule has 2 heterocycles. The minimum Gasteiger partial charge on any atom is -0.489 e. The average molecular weight is 533 g/mol. The summed E-state index contributed by atoms with van der Waals surface area (Å²) < 4.78 is 17.1. The molecule has 1 N–H and O–H groups in total. The first-order chi connectivity index (χ1) is 16.0. The van der Waals surface area contributed by atoms with E-state index in [1.807, 2.05) is 18.2 Å². The Morgan fingerprint density at radius 1 is 1.09 bits per heavy atom. The third kappa shape index (κ3) is 5.17. The molecule has 2 atom stereocenters. The zero-order valence-corrected chi connectivity index (χ0v) is 20.1. The zero-order valence-electron chi connectivity index (χ0n) is 17.7. The Morgan fingerprint density at radius 3 is 2.48 bits per heavy atom. The van der Waals surface area contributed by atoms with Crippen LogP contribution in [0.1, 0.15) is 0 Å². The Kier molecular flexibility index (Phi) is 7.24. The van der Waals surface area contributed by atoms with Crippen molar-refractivity contribution in [3.05, 3.63) is 70.3 Å². The van der Waals surface area contributed by atoms with E-state index in [4.69, 9.17) is 14.2 Å². The summed E-state index contributed by atoms with van der Waals surface area (Å²) in [6.07, 6.45) is 0. The molecular formula is C23H21BrN2O6S. The summed E-state index contributed by atoms with van der Waals surface area (Å²) in [4.78, 5) is 39.1. The number of amides is 2. The number of hydrogen-bond donors (Lipinski definition) is 1. The van der Waals surface area contributed by atoms with Crippen LogP contribution >= 0.6 is 27.7 Å². The van der Waals surface area contributed by atoms with Crippen LogP contribution in [0.5, 0.6) is 11.5 Å². The fraction of sp³-hybridized carbons (Fsp3) is 0.261. The third-order valence-electron chi connectivity index (χ3n) is 5.08. The van der Waals surface area contributed by atoms with Gasteiger partial charge in [0.05, 0.1) is 7.11 Å². The first-order valence-corrected chi connectivity index (χ1v) is 11.9. The molecule has 0 saturated carbocycles. The molecule has 0 spiro atoms. The van der Waals surface area contributed by atoms with E-state index in [0.29, 0.717) is 22.8 Å². The van der Waals surface area contributed by atoms with Crippen LogP contribution < -0.4 is 14.8 Å². The predicted octanol–water partition coefficient (Wildman–Crippen LogP) is 2.73. The summed E-state index contributed by atoms with van der Waals surface area (Å²) in [7, 11) is 1.27. The first-order valence-electron chi connectivity index (χ1n) is 10.1. The molecule has 10 heteroatoms. The van der Waals surface area contributed by atoms with E-state index in [1.165, 1.54) is 23.8 Å². The molecule has 0 bridgehead atoms. The lowest BCUT2D eigenvalue weighted by Crippen LogP contribution is -2.71. The topological polar surface area (TPSA) is 94.2 Å². The number of esters is 1. The van der Waals surface area contributed by atoms with Crippen LogP contribution in [0.3, 0.4) is 0 Å². The van der Waals surface area contributed by atoms with Gasteiger partial charge >= 0.3 is 5.97 Å². The van der Waals surface area contributed by atoms with Gasteiger partial charge in [0.25, 0.3) is 11.8 Å². The molecule has 33 heavy (non-hydrogen) atoms. The van der Waals surface area contributed by atoms with E-state index in [2.05, 4.69) is 21.2 Å². The molecule has 2 aromatic rings. The SMILES string of the molecule is COC(=O)C1=C(COc2ccc(Br)cc2)CS[C@@H]2C(NC(=O)COc3ccccc3)C(=O)N12. The normalized spacial score (nSPS) is 19.3. The van der Waals surface area contributed by atoms with E-state index < -0.39 is 23.3 Å². The highest BCUT2D eigenvalue weighted by Crippen LogP contribution is 2.40. The lowest BCUT2D eigenvalue weighted by atomic mass is 10.0. The summed E-state index contributed by atoms with van der Waals surface area (Å²) in [5, 5.41) is 2.31. The van der Waals surface area contributed by atoms with E-state index in [0.717, 1.165) is 4.47 Å². The summed E-state index contributed by atoms with van der Waals surface area (Å²) in [5.74, 6) is 0.267. The Bertz CT molecular complexity index is 1080. The van der Waals surface area contributed by atoms with Gasteiger partial charge in [0.1, 0.15) is 35.2 Å². The number of halogens is 1. The molecule has 0 aromatic heterocycles. The quantitative estimate of drug-likeness (QED) is 0.412. The Hall–Kier alpha value is -2.98. The maximum Gasteiger partial charge on any atom is 0.354 e. The van der Waals surface area contributed by atoms with Crippen LogP contribution in [0.25, 0.3) is 0 Å². The van der Waals surface area contributed by atoms with E-state index in [1.54, 1.807) is 36.4 Å². The van der Waals surface area contributed by atoms with Crippen LogP contribution in [0, 0.1) is 0 Å². The number of thioether (sulfide) groups is 1. The summed E-state index contributed by atoms with van der Waals surface area (Å²) >= 11 is 4.83. The molecule has 2 aliphatic rings. The van der Waals surface area contributed by atoms with E-state index in [9.17, 15) is 14.4 Å². The number of methoxy groups -OCH3 is 1. The lowest BCUT2D eigenvalue weighted by Gasteiger charge is -2.49. The molecule has 2 amide bonds. The van der Waals surface area contributed by atoms with Crippen molar-refractivity contribution in [2.24, 2.45) is 0 Å². The minimum absolute atomic E-state index is 0.136. The smallest absolute Gasteiger partial charge is 0.354 e. The molecule has 8 nitrogen and oxygen atoms in total. The van der Waals surface area contributed by atoms with Crippen molar-refractivity contribution in [1.29, 1.82) is 0 Å². The molecule has 0 aliphatic carbocycles. The lowest BCUT2D eigenvalue weighted by molar-refractivity contribution is -0.152. The highest BCUT2D eigenvalue weighted by molar-refractivity contribution is 9.10. The number of benzene rings is 2. The van der Waals surface area contributed by atoms with Gasteiger partial charge in [0.15, 0.2) is 6.61 Å². The largest absolute Gasteiger partial charge is 0.489 e. The third-order valence-corrected chi connectivity index (χ3v) is 6.95. The number of nitrogens with zero attached hydrogens (tertiary/aromatic N) is 1. The highest BCUT2D eigenvalue weighted by atomic mass is 79.9. The fourth-order valence-corrected chi connectivity index (χ4v) is 5.05. The Balaban J connectivity index is 1.41. The molecule has 1 fully saturated rings. The number of carbonyl (C=O) groups excluding carboxylic acids is 3. The van der Waals surface area contributed by atoms with Gasteiger partial charge in [-0.25, -0.2) is 4.79 Å². The van der Waals surface area contributed by atoms with Crippen molar-refractivity contribution >= 4 is 45.5 Å². The van der Waals surface area contributed by atoms with Crippen molar-refractivity contribution in [3.63, 3.8) is 0 Å². The molecule has 0 radical (unpaired) electrons. The van der Waals surface area contributed by atoms with Gasteiger partial charge in [0.2, 0.25) is 0 Å². The first kappa shape index (κ1) is 23.2. The molecule has 4 rings (SSSR count). The summed E-state index contributed by atoms with van der Waals surface area (Å²) in [6, 6.07) is 15.5. The molecule has 2 aliphatic heterocycles. The molecular weight excluding hydrogens is 512 g/mol. The van der Waals surface area contributed by atoms with Crippen molar-refractivity contribution in [2.45, 2.75) is 11.4 Å². The van der Waals surface area contributed by atoms with Crippen molar-refractivity contribution in [1.82, 2.24) is 10.2 Å². The Morgan fingerprint density at radius 2 is 1.79 bits per heavy atom. The molecule has 2 aromatic carbocycles. The predicted molar refractivity (Wildman–Crippen MR) is 126 cm³/mol. The monoisotopic (exact) mass is 532 g/mol. The number of para-hydroxylation sites is 1. The second kappa shape index (κ2) is 10.3. The van der Waals surface area contributed by atoms with Crippen LogP contribution in [-0.4, -0.2) is 60.2 Å². The number of hydrogen-bond acceptors (Lipinski definition) is 7. The van der Waals surface area contributed by atoms with Crippen molar-refractivity contribution in [3.8, 4) is 11.5 Å². The standard InChI is InChI=1S/C23H21BrN2O6S/c1-30-23(29)20-14(11-31-17-9-7-15(24)8-10-17)13-33-22-19(21(28)26(20)22)25-18(27)12-32-16-5-3-2-4-6-16/h2-10,19,22H,11-13H2,1H3,(H,25,27)/t19?,22-/m1/s1. The number of rotatable bonds is 8. The molecule has 1 unspecified atom stereocenters. The summed E-state index contributed by atoms with van der Waals surface area (Å²) in [6.45, 7) is -0.0747. The molecule has 1 saturated heterocycles. The molecule has 172 valence electrons. The maximum atomic E-state index is 12.9. The number of nitrogens with one attached hydrogen (secondary N) is 1. The maximum absolute atomic E-state index is 12.9. The zero-order chi connectivity index (χ0) is 23.4. The Labute approximate surface area is 203 Å². The second-order valence-corrected chi connectivity index (χ2v) is 9.26. The van der Waals surface area contributed by atoms with E-state index >= 15 is 0 Å². The van der Waals surface area contributed by atoms with Crippen LogP contribution in [0.4, 0.5) is 0 Å². The average Bonchev–Trinajstić information content (AvgIpc) is 2.85. The fourth-order valence-electron chi connectivity index (χ4n) is 3.46. The van der Waals surface area contributed by atoms with Gasteiger partial charge in [0, 0.05) is 15.8 Å². The second-order valence-electron chi connectivity index (χ2n) is 7.24. The van der Waals surface area contributed by atoms with Gasteiger partial charge in [-0.05, 0) is 36.4 Å². The van der Waals surface area contributed by atoms with Gasteiger partial charge in [-0.1, -0.05) is 34.1 Å². The van der Waals surface area contributed by atoms with Crippen LogP contribution in [0.15, 0.2) is 70.3 Å².